The fourth-order valence-electron chi connectivity index (χ4n) is 1.41. The summed E-state index contributed by atoms with van der Waals surface area (Å²) < 4.78 is 1.39. The number of thioether (sulfide) groups is 1. The zero-order chi connectivity index (χ0) is 12.5. The van der Waals surface area contributed by atoms with Gasteiger partial charge in [-0.25, -0.2) is 9.97 Å². The number of aromatic nitrogens is 7. The summed E-state index contributed by atoms with van der Waals surface area (Å²) in [5.74, 6) is 1.09. The van der Waals surface area contributed by atoms with Crippen molar-refractivity contribution in [2.45, 2.75) is 5.16 Å². The molecule has 0 amide bonds. The van der Waals surface area contributed by atoms with E-state index in [9.17, 15) is 0 Å². The highest BCUT2D eigenvalue weighted by molar-refractivity contribution is 7.98. The van der Waals surface area contributed by atoms with Gasteiger partial charge >= 0.3 is 0 Å². The number of hydrogen-bond donors (Lipinski definition) is 1. The molecule has 0 aliphatic heterocycles. The number of nitrogen functional groups attached to an aromatic ring is 1. The van der Waals surface area contributed by atoms with Crippen molar-refractivity contribution < 1.29 is 0 Å². The largest absolute Gasteiger partial charge is 0.368 e. The molecule has 0 saturated carbocycles. The van der Waals surface area contributed by atoms with Gasteiger partial charge in [0.15, 0.2) is 5.16 Å². The molecule has 3 aromatic rings. The molecule has 0 aromatic carbocycles. The highest BCUT2D eigenvalue weighted by Crippen LogP contribution is 2.15. The van der Waals surface area contributed by atoms with Crippen molar-refractivity contribution in [3.63, 3.8) is 0 Å². The van der Waals surface area contributed by atoms with Gasteiger partial charge in [-0.1, -0.05) is 11.8 Å². The first-order valence-electron chi connectivity index (χ1n) is 4.98. The fraction of sp³-hybridized carbons (Fsp3) is 0.111. The summed E-state index contributed by atoms with van der Waals surface area (Å²) in [6.07, 6.45) is 4.92. The lowest BCUT2D eigenvalue weighted by atomic mass is 10.4. The van der Waals surface area contributed by atoms with E-state index in [0.717, 1.165) is 0 Å². The SMILES string of the molecule is CSc1nc(N)n2nc(-c3ccncn3)nc2n1. The van der Waals surface area contributed by atoms with E-state index in [1.807, 2.05) is 6.26 Å². The summed E-state index contributed by atoms with van der Waals surface area (Å²) >= 11 is 1.39. The third kappa shape index (κ3) is 1.74. The minimum atomic E-state index is 0.247. The number of hydrogen-bond acceptors (Lipinski definition) is 8. The highest BCUT2D eigenvalue weighted by Gasteiger charge is 2.12. The second kappa shape index (κ2) is 4.18. The Labute approximate surface area is 106 Å². The quantitative estimate of drug-likeness (QED) is 0.654. The Morgan fingerprint density at radius 3 is 2.89 bits per heavy atom. The summed E-state index contributed by atoms with van der Waals surface area (Å²) in [4.78, 5) is 20.5. The Morgan fingerprint density at radius 2 is 2.17 bits per heavy atom. The van der Waals surface area contributed by atoms with E-state index in [0.29, 0.717) is 22.5 Å². The van der Waals surface area contributed by atoms with Gasteiger partial charge in [-0.3, -0.25) is 0 Å². The molecule has 0 atom stereocenters. The predicted molar refractivity (Wildman–Crippen MR) is 65.8 cm³/mol. The number of nitrogens with zero attached hydrogens (tertiary/aromatic N) is 7. The summed E-state index contributed by atoms with van der Waals surface area (Å²) in [5.41, 5.74) is 6.40. The van der Waals surface area contributed by atoms with Gasteiger partial charge in [-0.15, -0.1) is 5.10 Å². The van der Waals surface area contributed by atoms with E-state index in [2.05, 4.69) is 30.0 Å². The maximum Gasteiger partial charge on any atom is 0.258 e. The summed E-state index contributed by atoms with van der Waals surface area (Å²) in [7, 11) is 0. The van der Waals surface area contributed by atoms with E-state index in [-0.39, 0.29) is 5.95 Å². The Kier molecular flexibility index (Phi) is 2.52. The first-order chi connectivity index (χ1) is 8.78. The number of nitrogens with two attached hydrogens (primary N) is 1. The molecule has 8 nitrogen and oxygen atoms in total. The molecule has 0 unspecified atom stereocenters. The molecular weight excluding hydrogens is 252 g/mol. The molecular formula is C9H8N8S. The molecule has 0 aliphatic rings. The summed E-state index contributed by atoms with van der Waals surface area (Å²) in [5, 5.41) is 4.77. The molecule has 90 valence electrons. The normalized spacial score (nSPS) is 10.9. The third-order valence-corrected chi connectivity index (χ3v) is 2.75. The maximum absolute atomic E-state index is 5.79. The number of fused-ring (bicyclic) bond motifs is 1. The molecule has 0 aliphatic carbocycles. The van der Waals surface area contributed by atoms with Crippen molar-refractivity contribution in [1.29, 1.82) is 0 Å². The van der Waals surface area contributed by atoms with Gasteiger partial charge in [-0.2, -0.15) is 19.5 Å². The van der Waals surface area contributed by atoms with Gasteiger partial charge in [0.05, 0.1) is 0 Å². The van der Waals surface area contributed by atoms with Gasteiger partial charge in [0.2, 0.25) is 11.8 Å². The first-order valence-corrected chi connectivity index (χ1v) is 6.21. The molecule has 3 aromatic heterocycles. The lowest BCUT2D eigenvalue weighted by Crippen LogP contribution is -2.04. The van der Waals surface area contributed by atoms with Gasteiger partial charge in [-0.05, 0) is 12.3 Å². The molecule has 0 spiro atoms. The monoisotopic (exact) mass is 260 g/mol. The second-order valence-electron chi connectivity index (χ2n) is 3.31. The van der Waals surface area contributed by atoms with Crippen molar-refractivity contribution in [2.75, 3.05) is 12.0 Å². The highest BCUT2D eigenvalue weighted by atomic mass is 32.2. The number of rotatable bonds is 2. The third-order valence-electron chi connectivity index (χ3n) is 2.21. The van der Waals surface area contributed by atoms with Crippen LogP contribution in [0.25, 0.3) is 17.3 Å². The zero-order valence-electron chi connectivity index (χ0n) is 9.35. The Balaban J connectivity index is 2.20. The Bertz CT molecular complexity index is 694. The van der Waals surface area contributed by atoms with Crippen LogP contribution in [0.2, 0.25) is 0 Å². The molecule has 3 rings (SSSR count). The van der Waals surface area contributed by atoms with Crippen LogP contribution in [0.5, 0.6) is 0 Å². The topological polar surface area (TPSA) is 108 Å². The van der Waals surface area contributed by atoms with Crippen molar-refractivity contribution in [3.05, 3.63) is 18.6 Å². The lowest BCUT2D eigenvalue weighted by Gasteiger charge is -1.97. The molecule has 2 N–H and O–H groups in total. The van der Waals surface area contributed by atoms with Gasteiger partial charge in [0.25, 0.3) is 5.78 Å². The standard InChI is InChI=1S/C9H8N8S/c1-18-9-14-7(10)17-8(15-9)13-6(16-17)5-2-3-11-4-12-5/h2-4H,1H3,(H2,10,13,14,15,16). The average Bonchev–Trinajstić information content (AvgIpc) is 2.84. The van der Waals surface area contributed by atoms with E-state index in [1.165, 1.54) is 22.6 Å². The van der Waals surface area contributed by atoms with Crippen LogP contribution in [0.1, 0.15) is 0 Å². The fourth-order valence-corrected chi connectivity index (χ4v) is 1.77. The molecule has 0 fully saturated rings. The molecule has 18 heavy (non-hydrogen) atoms. The summed E-state index contributed by atoms with van der Waals surface area (Å²) in [6, 6.07) is 1.72. The van der Waals surface area contributed by atoms with Gasteiger partial charge < -0.3 is 5.73 Å². The van der Waals surface area contributed by atoms with Crippen LogP contribution in [0, 0.1) is 0 Å². The molecule has 3 heterocycles. The summed E-state index contributed by atoms with van der Waals surface area (Å²) in [6.45, 7) is 0. The van der Waals surface area contributed by atoms with Crippen molar-refractivity contribution in [2.24, 2.45) is 0 Å². The van der Waals surface area contributed by atoms with Crippen molar-refractivity contribution >= 4 is 23.5 Å². The minimum absolute atomic E-state index is 0.247. The van der Waals surface area contributed by atoms with Crippen molar-refractivity contribution in [3.8, 4) is 11.5 Å². The molecule has 0 saturated heterocycles. The maximum atomic E-state index is 5.79. The zero-order valence-corrected chi connectivity index (χ0v) is 10.2. The first kappa shape index (κ1) is 10.8. The Morgan fingerprint density at radius 1 is 1.28 bits per heavy atom. The molecule has 9 heteroatoms. The number of anilines is 1. The van der Waals surface area contributed by atoms with Gasteiger partial charge in [0, 0.05) is 6.20 Å². The van der Waals surface area contributed by atoms with Crippen LogP contribution in [0.15, 0.2) is 23.7 Å². The van der Waals surface area contributed by atoms with Crippen LogP contribution >= 0.6 is 11.8 Å². The van der Waals surface area contributed by atoms with Crippen molar-refractivity contribution in [1.82, 2.24) is 34.5 Å². The smallest absolute Gasteiger partial charge is 0.258 e. The molecule has 0 bridgehead atoms. The van der Waals surface area contributed by atoms with Crippen LogP contribution in [0.4, 0.5) is 5.95 Å². The van der Waals surface area contributed by atoms with E-state index >= 15 is 0 Å². The van der Waals surface area contributed by atoms with E-state index < -0.39 is 0 Å². The van der Waals surface area contributed by atoms with Crippen LogP contribution in [-0.2, 0) is 0 Å². The van der Waals surface area contributed by atoms with Crippen LogP contribution < -0.4 is 5.73 Å². The minimum Gasteiger partial charge on any atom is -0.368 e. The second-order valence-corrected chi connectivity index (χ2v) is 4.08. The molecule has 0 radical (unpaired) electrons. The van der Waals surface area contributed by atoms with Gasteiger partial charge in [0.1, 0.15) is 12.0 Å². The average molecular weight is 260 g/mol. The van der Waals surface area contributed by atoms with E-state index in [1.54, 1.807) is 12.3 Å². The lowest BCUT2D eigenvalue weighted by molar-refractivity contribution is 0.850. The Hall–Kier alpha value is -2.29. The van der Waals surface area contributed by atoms with E-state index in [4.69, 9.17) is 5.73 Å². The van der Waals surface area contributed by atoms with Crippen LogP contribution in [-0.4, -0.2) is 40.8 Å². The van der Waals surface area contributed by atoms with Crippen LogP contribution in [0.3, 0.4) is 0 Å². The predicted octanol–water partition coefficient (Wildman–Crippen LogP) is 0.280.